The predicted molar refractivity (Wildman–Crippen MR) is 178 cm³/mol. The molecule has 0 amide bonds. The van der Waals surface area contributed by atoms with Gasteiger partial charge in [-0.2, -0.15) is 0 Å². The molecule has 2 aromatic carbocycles. The monoisotopic (exact) mass is 624 g/mol. The van der Waals surface area contributed by atoms with Crippen LogP contribution in [0.15, 0.2) is 86.6 Å². The van der Waals surface area contributed by atoms with Gasteiger partial charge in [0.25, 0.3) is 5.56 Å². The second kappa shape index (κ2) is 14.1. The summed E-state index contributed by atoms with van der Waals surface area (Å²) in [5.74, 6) is 0.856. The minimum absolute atomic E-state index is 0.106. The molecule has 0 radical (unpaired) electrons. The molecule has 0 aliphatic heterocycles. The Morgan fingerprint density at radius 2 is 1.83 bits per heavy atom. The third kappa shape index (κ3) is 7.70. The maximum absolute atomic E-state index is 15.5. The Kier molecular flexibility index (Phi) is 9.99. The van der Waals surface area contributed by atoms with E-state index in [0.29, 0.717) is 61.2 Å². The van der Waals surface area contributed by atoms with Crippen LogP contribution < -0.4 is 11.3 Å². The zero-order chi connectivity index (χ0) is 32.8. The minimum atomic E-state index is -0.632. The Balaban J connectivity index is 1.39. The van der Waals surface area contributed by atoms with E-state index in [-0.39, 0.29) is 17.0 Å². The summed E-state index contributed by atoms with van der Waals surface area (Å²) < 4.78 is 28.0. The molecule has 0 spiro atoms. The van der Waals surface area contributed by atoms with Crippen molar-refractivity contribution in [3.8, 4) is 11.4 Å². The van der Waals surface area contributed by atoms with Crippen molar-refractivity contribution in [1.82, 2.24) is 19.7 Å². The highest BCUT2D eigenvalue weighted by atomic mass is 19.1. The third-order valence-corrected chi connectivity index (χ3v) is 7.76. The standard InChI is InChI=1S/C37H41FN4O4/c1-6-11-32-39-31(7-2)33(26-13-10-14-28(19-18-26)45-37(3,4)5)35(43)42(32)21-20-25-17-16-24(23-30(25)38)22-27-12-8-9-15-29(27)34-40-36(44)46-41-34/h8-9,12-19,23H,6-7,10-11,20-22H2,1-5H3,(H,40,41,44). The summed E-state index contributed by atoms with van der Waals surface area (Å²) in [6.07, 6.45) is 11.4. The summed E-state index contributed by atoms with van der Waals surface area (Å²) in [5, 5.41) is 3.80. The van der Waals surface area contributed by atoms with Crippen LogP contribution in [0, 0.1) is 5.82 Å². The molecule has 1 aliphatic carbocycles. The van der Waals surface area contributed by atoms with E-state index in [1.165, 1.54) is 6.07 Å². The Morgan fingerprint density at radius 3 is 2.52 bits per heavy atom. The largest absolute Gasteiger partial charge is 0.488 e. The van der Waals surface area contributed by atoms with E-state index in [1.807, 2.05) is 82.3 Å². The molecule has 0 atom stereocenters. The molecule has 46 heavy (non-hydrogen) atoms. The Labute approximate surface area is 268 Å². The van der Waals surface area contributed by atoms with Crippen molar-refractivity contribution in [3.05, 3.63) is 133 Å². The van der Waals surface area contributed by atoms with E-state index in [9.17, 15) is 9.59 Å². The number of nitrogens with zero attached hydrogens (tertiary/aromatic N) is 3. The molecule has 240 valence electrons. The summed E-state index contributed by atoms with van der Waals surface area (Å²) in [6.45, 7) is 10.4. The first kappa shape index (κ1) is 32.6. The van der Waals surface area contributed by atoms with Crippen LogP contribution in [-0.4, -0.2) is 25.3 Å². The number of hydrogen-bond donors (Lipinski definition) is 1. The Bertz CT molecular complexity index is 1920. The number of aromatic nitrogens is 4. The zero-order valence-corrected chi connectivity index (χ0v) is 27.2. The lowest BCUT2D eigenvalue weighted by Gasteiger charge is -2.21. The molecule has 0 saturated heterocycles. The molecule has 4 aromatic rings. The number of nitrogens with one attached hydrogen (secondary N) is 1. The predicted octanol–water partition coefficient (Wildman–Crippen LogP) is 7.12. The fourth-order valence-corrected chi connectivity index (χ4v) is 5.67. The van der Waals surface area contributed by atoms with Crippen LogP contribution in [0.4, 0.5) is 4.39 Å². The average Bonchev–Trinajstić information content (AvgIpc) is 3.32. The van der Waals surface area contributed by atoms with Crippen molar-refractivity contribution < 1.29 is 13.7 Å². The molecule has 9 heteroatoms. The third-order valence-electron chi connectivity index (χ3n) is 7.76. The lowest BCUT2D eigenvalue weighted by atomic mass is 9.98. The van der Waals surface area contributed by atoms with Gasteiger partial charge in [0.05, 0.1) is 11.3 Å². The van der Waals surface area contributed by atoms with E-state index in [0.717, 1.165) is 40.4 Å². The molecular weight excluding hydrogens is 583 g/mol. The Hall–Kier alpha value is -4.79. The summed E-state index contributed by atoms with van der Waals surface area (Å²) >= 11 is 0. The number of rotatable bonds is 11. The average molecular weight is 625 g/mol. The lowest BCUT2D eigenvalue weighted by molar-refractivity contribution is 0.0596. The van der Waals surface area contributed by atoms with Crippen molar-refractivity contribution in [3.63, 3.8) is 0 Å². The van der Waals surface area contributed by atoms with Crippen molar-refractivity contribution in [2.24, 2.45) is 0 Å². The van der Waals surface area contributed by atoms with E-state index >= 15 is 4.39 Å². The first-order valence-corrected chi connectivity index (χ1v) is 15.9. The first-order valence-electron chi connectivity index (χ1n) is 15.9. The van der Waals surface area contributed by atoms with Crippen molar-refractivity contribution in [1.29, 1.82) is 0 Å². The molecular formula is C37H41FN4O4. The van der Waals surface area contributed by atoms with Gasteiger partial charge < -0.3 is 4.74 Å². The van der Waals surface area contributed by atoms with Crippen molar-refractivity contribution >= 4 is 5.57 Å². The fraction of sp³-hybridized carbons (Fsp3) is 0.351. The maximum Gasteiger partial charge on any atom is 0.439 e. The van der Waals surface area contributed by atoms with Crippen LogP contribution in [0.2, 0.25) is 0 Å². The molecule has 1 N–H and O–H groups in total. The number of H-pyrrole nitrogens is 1. The van der Waals surface area contributed by atoms with Crippen LogP contribution in [-0.2, 0) is 37.0 Å². The van der Waals surface area contributed by atoms with E-state index in [2.05, 4.69) is 21.6 Å². The fourth-order valence-electron chi connectivity index (χ4n) is 5.67. The number of halogens is 1. The second-order valence-corrected chi connectivity index (χ2v) is 12.4. The topological polar surface area (TPSA) is 103 Å². The van der Waals surface area contributed by atoms with Crippen molar-refractivity contribution in [2.75, 3.05) is 0 Å². The summed E-state index contributed by atoms with van der Waals surface area (Å²) in [5.41, 5.74) is 4.63. The van der Waals surface area contributed by atoms with Gasteiger partial charge in [-0.1, -0.05) is 67.6 Å². The van der Waals surface area contributed by atoms with Gasteiger partial charge in [-0.25, -0.2) is 14.2 Å². The van der Waals surface area contributed by atoms with E-state index in [4.69, 9.17) is 9.72 Å². The summed E-state index contributed by atoms with van der Waals surface area (Å²) in [4.78, 5) is 33.2. The highest BCUT2D eigenvalue weighted by Crippen LogP contribution is 2.26. The molecule has 0 saturated carbocycles. The quantitative estimate of drug-likeness (QED) is 0.191. The highest BCUT2D eigenvalue weighted by Gasteiger charge is 2.20. The maximum atomic E-state index is 15.5. The number of aryl methyl sites for hydroxylation is 3. The summed E-state index contributed by atoms with van der Waals surface area (Å²) in [7, 11) is 0. The van der Waals surface area contributed by atoms with Gasteiger partial charge in [-0.15, -0.1) is 0 Å². The van der Waals surface area contributed by atoms with Gasteiger partial charge in [-0.05, 0) is 93.4 Å². The molecule has 8 nitrogen and oxygen atoms in total. The molecule has 0 unspecified atom stereocenters. The second-order valence-electron chi connectivity index (χ2n) is 12.4. The van der Waals surface area contributed by atoms with Crippen LogP contribution in [0.3, 0.4) is 0 Å². The van der Waals surface area contributed by atoms with Crippen LogP contribution in [0.1, 0.15) is 81.2 Å². The number of ether oxygens (including phenoxy) is 1. The van der Waals surface area contributed by atoms with E-state index in [1.54, 1.807) is 10.6 Å². The normalized spacial score (nSPS) is 13.3. The van der Waals surface area contributed by atoms with Crippen LogP contribution in [0.25, 0.3) is 17.0 Å². The highest BCUT2D eigenvalue weighted by molar-refractivity contribution is 5.76. The molecule has 0 bridgehead atoms. The lowest BCUT2D eigenvalue weighted by Crippen LogP contribution is -2.30. The number of hydrogen-bond acceptors (Lipinski definition) is 6. The minimum Gasteiger partial charge on any atom is -0.488 e. The van der Waals surface area contributed by atoms with Gasteiger partial charge >= 0.3 is 5.76 Å². The van der Waals surface area contributed by atoms with E-state index < -0.39 is 5.76 Å². The van der Waals surface area contributed by atoms with Crippen molar-refractivity contribution in [2.45, 2.75) is 85.3 Å². The number of benzene rings is 2. The van der Waals surface area contributed by atoms with Gasteiger partial charge in [0.1, 0.15) is 23.0 Å². The first-order chi connectivity index (χ1) is 22.1. The molecule has 5 rings (SSSR count). The molecule has 2 heterocycles. The summed E-state index contributed by atoms with van der Waals surface area (Å²) in [6, 6.07) is 12.7. The number of aromatic amines is 1. The smallest absolute Gasteiger partial charge is 0.439 e. The van der Waals surface area contributed by atoms with Gasteiger partial charge in [0.2, 0.25) is 0 Å². The zero-order valence-electron chi connectivity index (χ0n) is 27.2. The Morgan fingerprint density at radius 1 is 1.02 bits per heavy atom. The van der Waals surface area contributed by atoms with Gasteiger partial charge in [0, 0.05) is 18.5 Å². The molecule has 2 aromatic heterocycles. The van der Waals surface area contributed by atoms with Crippen LogP contribution >= 0.6 is 0 Å². The molecule has 1 aliphatic rings. The van der Waals surface area contributed by atoms with Gasteiger partial charge in [-0.3, -0.25) is 18.9 Å². The number of allylic oxidation sites excluding steroid dienone is 5. The van der Waals surface area contributed by atoms with Crippen LogP contribution in [0.5, 0.6) is 0 Å². The van der Waals surface area contributed by atoms with Gasteiger partial charge in [0.15, 0.2) is 5.82 Å². The molecule has 0 fully saturated rings. The SMILES string of the molecule is CCCc1nc(CC)c(C2=CCC=C(OC(C)(C)C)C=C2)c(=O)n1CCc1ccc(Cc2ccccc2-c2noc(=O)[nH]2)cc1F.